The van der Waals surface area contributed by atoms with Gasteiger partial charge >= 0.3 is 0 Å². The maximum atomic E-state index is 11.8. The SMILES string of the molecule is Nc1ncccc1SF. The van der Waals surface area contributed by atoms with Gasteiger partial charge in [0.25, 0.3) is 0 Å². The van der Waals surface area contributed by atoms with Gasteiger partial charge in [0.1, 0.15) is 5.82 Å². The molecule has 0 saturated carbocycles. The molecule has 48 valence electrons. The van der Waals surface area contributed by atoms with E-state index in [1.807, 2.05) is 0 Å². The van der Waals surface area contributed by atoms with Crippen LogP contribution in [0.25, 0.3) is 0 Å². The van der Waals surface area contributed by atoms with Gasteiger partial charge in [-0.1, -0.05) is 0 Å². The van der Waals surface area contributed by atoms with Crippen molar-refractivity contribution in [1.82, 2.24) is 4.98 Å². The smallest absolute Gasteiger partial charge is 0.139 e. The molecule has 0 bridgehead atoms. The predicted molar refractivity (Wildman–Crippen MR) is 35.6 cm³/mol. The van der Waals surface area contributed by atoms with Gasteiger partial charge in [0.05, 0.1) is 17.0 Å². The Morgan fingerprint density at radius 2 is 2.44 bits per heavy atom. The number of nitrogens with two attached hydrogens (primary N) is 1. The molecule has 0 spiro atoms. The Morgan fingerprint density at radius 1 is 1.67 bits per heavy atom. The van der Waals surface area contributed by atoms with E-state index in [0.717, 1.165) is 0 Å². The lowest BCUT2D eigenvalue weighted by Gasteiger charge is -1.93. The lowest BCUT2D eigenvalue weighted by molar-refractivity contribution is 0.933. The molecule has 1 aromatic rings. The maximum absolute atomic E-state index is 11.8. The predicted octanol–water partition coefficient (Wildman–Crippen LogP) is 1.64. The number of nitrogen functional groups attached to an aromatic ring is 1. The van der Waals surface area contributed by atoms with Crippen molar-refractivity contribution in [3.63, 3.8) is 0 Å². The van der Waals surface area contributed by atoms with Crippen LogP contribution in [0.2, 0.25) is 0 Å². The van der Waals surface area contributed by atoms with E-state index in [1.54, 1.807) is 12.1 Å². The Bertz CT molecular complexity index is 204. The van der Waals surface area contributed by atoms with Crippen molar-refractivity contribution >= 4 is 18.0 Å². The van der Waals surface area contributed by atoms with Crippen LogP contribution in [-0.2, 0) is 0 Å². The van der Waals surface area contributed by atoms with Gasteiger partial charge in [0.15, 0.2) is 0 Å². The molecule has 0 fully saturated rings. The summed E-state index contributed by atoms with van der Waals surface area (Å²) < 4.78 is 11.8. The molecule has 0 unspecified atom stereocenters. The first-order chi connectivity index (χ1) is 4.34. The minimum absolute atomic E-state index is 0.108. The molecule has 0 aliphatic carbocycles. The van der Waals surface area contributed by atoms with Crippen LogP contribution in [0.15, 0.2) is 23.2 Å². The fourth-order valence-corrected chi connectivity index (χ4v) is 0.730. The topological polar surface area (TPSA) is 38.9 Å². The number of anilines is 1. The van der Waals surface area contributed by atoms with Crippen molar-refractivity contribution < 1.29 is 3.89 Å². The molecule has 1 heterocycles. The van der Waals surface area contributed by atoms with Crippen molar-refractivity contribution in [2.75, 3.05) is 5.73 Å². The summed E-state index contributed by atoms with van der Waals surface area (Å²) in [5, 5.41) is 0. The van der Waals surface area contributed by atoms with Crippen LogP contribution in [0.1, 0.15) is 0 Å². The molecule has 9 heavy (non-hydrogen) atoms. The Hall–Kier alpha value is -0.770. The highest BCUT2D eigenvalue weighted by atomic mass is 32.2. The van der Waals surface area contributed by atoms with Crippen molar-refractivity contribution in [2.45, 2.75) is 4.90 Å². The molecule has 1 rings (SSSR count). The van der Waals surface area contributed by atoms with E-state index in [4.69, 9.17) is 5.73 Å². The summed E-state index contributed by atoms with van der Waals surface area (Å²) in [6, 6.07) is 3.21. The van der Waals surface area contributed by atoms with Crippen molar-refractivity contribution in [1.29, 1.82) is 0 Å². The van der Waals surface area contributed by atoms with Crippen molar-refractivity contribution in [3.05, 3.63) is 18.3 Å². The zero-order valence-corrected chi connectivity index (χ0v) is 5.36. The summed E-state index contributed by atoms with van der Waals surface area (Å²) in [6.07, 6.45) is 1.52. The number of rotatable bonds is 1. The van der Waals surface area contributed by atoms with Crippen LogP contribution in [-0.4, -0.2) is 4.98 Å². The van der Waals surface area contributed by atoms with Crippen molar-refractivity contribution in [3.8, 4) is 0 Å². The highest BCUT2D eigenvalue weighted by molar-refractivity contribution is 7.94. The Balaban J connectivity index is 3.01. The first-order valence-corrected chi connectivity index (χ1v) is 3.05. The maximum Gasteiger partial charge on any atom is 0.139 e. The molecule has 2 N–H and O–H groups in total. The van der Waals surface area contributed by atoms with E-state index in [2.05, 4.69) is 4.98 Å². The molecule has 2 nitrogen and oxygen atoms in total. The molecule has 0 amide bonds. The first-order valence-electron chi connectivity index (χ1n) is 2.33. The lowest BCUT2D eigenvalue weighted by Crippen LogP contribution is -1.89. The zero-order chi connectivity index (χ0) is 6.69. The van der Waals surface area contributed by atoms with Crippen LogP contribution in [0.4, 0.5) is 9.70 Å². The summed E-state index contributed by atoms with van der Waals surface area (Å²) in [7, 11) is 0. The van der Waals surface area contributed by atoms with Gasteiger partial charge in [-0.3, -0.25) is 0 Å². The number of halogens is 1. The van der Waals surface area contributed by atoms with Gasteiger partial charge in [0.2, 0.25) is 0 Å². The van der Waals surface area contributed by atoms with Gasteiger partial charge in [-0.15, -0.1) is 0 Å². The number of aromatic nitrogens is 1. The summed E-state index contributed by atoms with van der Waals surface area (Å²) in [5.74, 6) is 0.241. The van der Waals surface area contributed by atoms with Crippen molar-refractivity contribution in [2.24, 2.45) is 0 Å². The minimum atomic E-state index is 0.108. The first kappa shape index (κ1) is 6.35. The number of hydrogen-bond acceptors (Lipinski definition) is 3. The second-order valence-corrected chi connectivity index (χ2v) is 2.06. The van der Waals surface area contributed by atoms with Crippen LogP contribution in [0, 0.1) is 0 Å². The summed E-state index contributed by atoms with van der Waals surface area (Å²) in [6.45, 7) is 0. The Morgan fingerprint density at radius 3 is 2.89 bits per heavy atom. The average molecular weight is 144 g/mol. The van der Waals surface area contributed by atoms with E-state index in [1.165, 1.54) is 6.20 Å². The quantitative estimate of drug-likeness (QED) is 0.651. The molecule has 0 atom stereocenters. The second kappa shape index (κ2) is 2.68. The largest absolute Gasteiger partial charge is 0.383 e. The van der Waals surface area contributed by atoms with E-state index in [0.29, 0.717) is 4.90 Å². The molecule has 0 aromatic carbocycles. The molecule has 0 aliphatic heterocycles. The van der Waals surface area contributed by atoms with Gasteiger partial charge in [-0.2, -0.15) is 3.89 Å². The van der Waals surface area contributed by atoms with E-state index >= 15 is 0 Å². The number of nitrogens with zero attached hydrogens (tertiary/aromatic N) is 1. The number of pyridine rings is 1. The average Bonchev–Trinajstić information content (AvgIpc) is 1.89. The van der Waals surface area contributed by atoms with E-state index in [9.17, 15) is 3.89 Å². The number of hydrogen-bond donors (Lipinski definition) is 1. The molecule has 4 heteroatoms. The molecular formula is C5H5FN2S. The highest BCUT2D eigenvalue weighted by Crippen LogP contribution is 2.22. The summed E-state index contributed by atoms with van der Waals surface area (Å²) in [4.78, 5) is 4.04. The zero-order valence-electron chi connectivity index (χ0n) is 4.54. The molecule has 0 aliphatic rings. The van der Waals surface area contributed by atoms with Crippen LogP contribution in [0.5, 0.6) is 0 Å². The van der Waals surface area contributed by atoms with Gasteiger partial charge in [0, 0.05) is 6.20 Å². The third-order valence-electron chi connectivity index (χ3n) is 0.883. The monoisotopic (exact) mass is 144 g/mol. The lowest BCUT2D eigenvalue weighted by atomic mass is 10.5. The molecule has 1 aromatic heterocycles. The highest BCUT2D eigenvalue weighted by Gasteiger charge is 1.96. The summed E-state index contributed by atoms with van der Waals surface area (Å²) >= 11 is 0.108. The van der Waals surface area contributed by atoms with Crippen LogP contribution >= 0.6 is 12.1 Å². The second-order valence-electron chi connectivity index (χ2n) is 1.46. The minimum Gasteiger partial charge on any atom is -0.383 e. The van der Waals surface area contributed by atoms with E-state index < -0.39 is 0 Å². The van der Waals surface area contributed by atoms with Gasteiger partial charge in [-0.05, 0) is 12.1 Å². The molecule has 0 radical (unpaired) electrons. The fraction of sp³-hybridized carbons (Fsp3) is 0. The van der Waals surface area contributed by atoms with Gasteiger partial charge in [-0.25, -0.2) is 4.98 Å². The molecule has 0 saturated heterocycles. The normalized spacial score (nSPS) is 9.44. The molecular weight excluding hydrogens is 139 g/mol. The standard InChI is InChI=1S/C5H5FN2S/c6-9-4-2-1-3-8-5(4)7/h1-3H,(H2,7,8). The van der Waals surface area contributed by atoms with Crippen LogP contribution in [0.3, 0.4) is 0 Å². The van der Waals surface area contributed by atoms with E-state index in [-0.39, 0.29) is 18.0 Å². The Kier molecular flexibility index (Phi) is 1.89. The fourth-order valence-electron chi connectivity index (χ4n) is 0.468. The summed E-state index contributed by atoms with van der Waals surface area (Å²) in [5.41, 5.74) is 5.26. The third-order valence-corrected chi connectivity index (χ3v) is 1.39. The van der Waals surface area contributed by atoms with Crippen LogP contribution < -0.4 is 5.73 Å². The Labute approximate surface area is 56.6 Å². The van der Waals surface area contributed by atoms with Gasteiger partial charge < -0.3 is 5.73 Å². The third kappa shape index (κ3) is 1.32.